The van der Waals surface area contributed by atoms with Gasteiger partial charge in [0.1, 0.15) is 0 Å². The third-order valence-electron chi connectivity index (χ3n) is 5.02. The van der Waals surface area contributed by atoms with Gasteiger partial charge >= 0.3 is 5.97 Å². The van der Waals surface area contributed by atoms with Gasteiger partial charge in [-0.3, -0.25) is 14.4 Å². The van der Waals surface area contributed by atoms with Crippen molar-refractivity contribution in [2.75, 3.05) is 19.6 Å². The molecule has 2 amide bonds. The molecule has 0 unspecified atom stereocenters. The molecule has 0 spiro atoms. The highest BCUT2D eigenvalue weighted by Crippen LogP contribution is 2.31. The summed E-state index contributed by atoms with van der Waals surface area (Å²) in [5, 5.41) is 9.27. The zero-order chi connectivity index (χ0) is 17.3. The van der Waals surface area contributed by atoms with E-state index in [-0.39, 0.29) is 18.4 Å². The van der Waals surface area contributed by atoms with Crippen LogP contribution in [0.15, 0.2) is 24.3 Å². The number of carbonyl (C=O) groups is 3. The van der Waals surface area contributed by atoms with Crippen LogP contribution in [0.1, 0.15) is 42.1 Å². The van der Waals surface area contributed by atoms with Crippen LogP contribution in [0.2, 0.25) is 0 Å². The molecule has 0 aliphatic carbocycles. The Balaban J connectivity index is 1.64. The van der Waals surface area contributed by atoms with E-state index in [2.05, 4.69) is 0 Å². The average Bonchev–Trinajstić information content (AvgIpc) is 3.15. The predicted octanol–water partition coefficient (Wildman–Crippen LogP) is 1.75. The zero-order valence-electron chi connectivity index (χ0n) is 13.8. The Morgan fingerprint density at radius 1 is 1.21 bits per heavy atom. The second kappa shape index (κ2) is 6.26. The second-order valence-electron chi connectivity index (χ2n) is 6.96. The number of benzene rings is 1. The van der Waals surface area contributed by atoms with E-state index < -0.39 is 11.4 Å². The summed E-state index contributed by atoms with van der Waals surface area (Å²) < 4.78 is 0. The molecule has 0 aromatic heterocycles. The molecule has 2 saturated heterocycles. The van der Waals surface area contributed by atoms with Crippen LogP contribution in [0.25, 0.3) is 0 Å². The number of carboxylic acids is 1. The van der Waals surface area contributed by atoms with Crippen LogP contribution < -0.4 is 0 Å². The molecule has 1 aromatic carbocycles. The summed E-state index contributed by atoms with van der Waals surface area (Å²) in [6.45, 7) is 3.75. The molecule has 3 rings (SSSR count). The van der Waals surface area contributed by atoms with Gasteiger partial charge in [-0.25, -0.2) is 0 Å². The van der Waals surface area contributed by atoms with Gasteiger partial charge in [0.2, 0.25) is 5.91 Å². The van der Waals surface area contributed by atoms with E-state index in [1.165, 1.54) is 0 Å². The number of rotatable bonds is 4. The number of nitrogens with zero attached hydrogens (tertiary/aromatic N) is 2. The molecule has 1 N–H and O–H groups in total. The van der Waals surface area contributed by atoms with Crippen LogP contribution >= 0.6 is 0 Å². The van der Waals surface area contributed by atoms with Crippen LogP contribution in [-0.4, -0.2) is 52.3 Å². The van der Waals surface area contributed by atoms with E-state index in [0.29, 0.717) is 31.5 Å². The maximum atomic E-state index is 12.5. The molecule has 1 atom stereocenters. The summed E-state index contributed by atoms with van der Waals surface area (Å²) in [5.41, 5.74) is 0.700. The summed E-state index contributed by atoms with van der Waals surface area (Å²) in [6, 6.07) is 7.25. The molecule has 0 radical (unpaired) electrons. The molecular weight excluding hydrogens is 308 g/mol. The van der Waals surface area contributed by atoms with Gasteiger partial charge in [-0.05, 0) is 37.5 Å². The van der Waals surface area contributed by atoms with Crippen molar-refractivity contribution in [1.29, 1.82) is 0 Å². The number of carbonyl (C=O) groups excluding carboxylic acids is 2. The minimum Gasteiger partial charge on any atom is -0.481 e. The first-order valence-corrected chi connectivity index (χ1v) is 8.28. The molecule has 2 aliphatic heterocycles. The fourth-order valence-corrected chi connectivity index (χ4v) is 3.34. The van der Waals surface area contributed by atoms with Crippen molar-refractivity contribution in [2.24, 2.45) is 5.41 Å². The lowest BCUT2D eigenvalue weighted by Gasteiger charge is -2.20. The Hall–Kier alpha value is -2.37. The molecule has 6 nitrogen and oxygen atoms in total. The van der Waals surface area contributed by atoms with Crippen molar-refractivity contribution in [3.63, 3.8) is 0 Å². The van der Waals surface area contributed by atoms with Crippen LogP contribution in [0.3, 0.4) is 0 Å². The Morgan fingerprint density at radius 2 is 1.92 bits per heavy atom. The number of amides is 2. The maximum Gasteiger partial charge on any atom is 0.311 e. The maximum absolute atomic E-state index is 12.5. The average molecular weight is 330 g/mol. The smallest absolute Gasteiger partial charge is 0.311 e. The van der Waals surface area contributed by atoms with Crippen LogP contribution in [-0.2, 0) is 16.1 Å². The summed E-state index contributed by atoms with van der Waals surface area (Å²) >= 11 is 0. The summed E-state index contributed by atoms with van der Waals surface area (Å²) in [7, 11) is 0. The molecule has 0 bridgehead atoms. The zero-order valence-corrected chi connectivity index (χ0v) is 13.8. The van der Waals surface area contributed by atoms with E-state index in [1.807, 2.05) is 17.0 Å². The Labute approximate surface area is 141 Å². The second-order valence-corrected chi connectivity index (χ2v) is 6.96. The molecule has 2 fully saturated rings. The van der Waals surface area contributed by atoms with E-state index in [1.54, 1.807) is 24.0 Å². The fourth-order valence-electron chi connectivity index (χ4n) is 3.34. The Morgan fingerprint density at radius 3 is 2.46 bits per heavy atom. The van der Waals surface area contributed by atoms with Crippen molar-refractivity contribution in [3.8, 4) is 0 Å². The van der Waals surface area contributed by atoms with Crippen molar-refractivity contribution in [2.45, 2.75) is 32.7 Å². The predicted molar refractivity (Wildman–Crippen MR) is 87.4 cm³/mol. The molecular formula is C18H22N2O4. The first kappa shape index (κ1) is 16.5. The van der Waals surface area contributed by atoms with Gasteiger partial charge < -0.3 is 14.9 Å². The summed E-state index contributed by atoms with van der Waals surface area (Å²) in [6.07, 6.45) is 2.00. The SMILES string of the molecule is C[C@]1(C(=O)O)CCN(C(=O)c2ccc(CN3CCCC3=O)cc2)C1. The van der Waals surface area contributed by atoms with E-state index in [9.17, 15) is 19.5 Å². The first-order chi connectivity index (χ1) is 11.4. The minimum atomic E-state index is -0.858. The third kappa shape index (κ3) is 3.13. The van der Waals surface area contributed by atoms with Gasteiger partial charge in [-0.15, -0.1) is 0 Å². The molecule has 6 heteroatoms. The van der Waals surface area contributed by atoms with Gasteiger partial charge in [0.15, 0.2) is 0 Å². The normalized spacial score (nSPS) is 23.8. The van der Waals surface area contributed by atoms with Gasteiger partial charge in [0.05, 0.1) is 5.41 Å². The standard InChI is InChI=1S/C18H22N2O4/c1-18(17(23)24)8-10-20(12-18)16(22)14-6-4-13(5-7-14)11-19-9-2-3-15(19)21/h4-7H,2-3,8-12H2,1H3,(H,23,24)/t18-/m0/s1. The topological polar surface area (TPSA) is 77.9 Å². The molecule has 2 heterocycles. The number of hydrogen-bond acceptors (Lipinski definition) is 3. The molecule has 1 aromatic rings. The number of likely N-dealkylation sites (tertiary alicyclic amines) is 2. The lowest BCUT2D eigenvalue weighted by molar-refractivity contribution is -0.147. The van der Waals surface area contributed by atoms with E-state index in [4.69, 9.17) is 0 Å². The van der Waals surface area contributed by atoms with Crippen LogP contribution in [0, 0.1) is 5.41 Å². The van der Waals surface area contributed by atoms with E-state index in [0.717, 1.165) is 18.5 Å². The largest absolute Gasteiger partial charge is 0.481 e. The first-order valence-electron chi connectivity index (χ1n) is 8.28. The summed E-state index contributed by atoms with van der Waals surface area (Å²) in [4.78, 5) is 38.9. The van der Waals surface area contributed by atoms with Crippen molar-refractivity contribution >= 4 is 17.8 Å². The molecule has 24 heavy (non-hydrogen) atoms. The lowest BCUT2D eigenvalue weighted by Crippen LogP contribution is -2.34. The third-order valence-corrected chi connectivity index (χ3v) is 5.02. The number of hydrogen-bond donors (Lipinski definition) is 1. The van der Waals surface area contributed by atoms with Crippen LogP contribution in [0.5, 0.6) is 0 Å². The van der Waals surface area contributed by atoms with Gasteiger partial charge in [-0.1, -0.05) is 12.1 Å². The monoisotopic (exact) mass is 330 g/mol. The minimum absolute atomic E-state index is 0.135. The molecule has 0 saturated carbocycles. The number of aliphatic carboxylic acids is 1. The van der Waals surface area contributed by atoms with Crippen molar-refractivity contribution < 1.29 is 19.5 Å². The van der Waals surface area contributed by atoms with Gasteiger partial charge in [-0.2, -0.15) is 0 Å². The van der Waals surface area contributed by atoms with Crippen molar-refractivity contribution in [1.82, 2.24) is 9.80 Å². The van der Waals surface area contributed by atoms with Crippen LogP contribution in [0.4, 0.5) is 0 Å². The Bertz CT molecular complexity index is 670. The summed E-state index contributed by atoms with van der Waals surface area (Å²) in [5.74, 6) is -0.813. The molecule has 128 valence electrons. The highest BCUT2D eigenvalue weighted by Gasteiger charge is 2.42. The van der Waals surface area contributed by atoms with Gasteiger partial charge in [0, 0.05) is 38.2 Å². The van der Waals surface area contributed by atoms with Gasteiger partial charge in [0.25, 0.3) is 5.91 Å². The number of carboxylic acid groups (broad SMARTS) is 1. The fraction of sp³-hybridized carbons (Fsp3) is 0.500. The Kier molecular flexibility index (Phi) is 4.30. The lowest BCUT2D eigenvalue weighted by atomic mass is 9.90. The quantitative estimate of drug-likeness (QED) is 0.912. The molecule has 2 aliphatic rings. The highest BCUT2D eigenvalue weighted by atomic mass is 16.4. The highest BCUT2D eigenvalue weighted by molar-refractivity contribution is 5.95. The van der Waals surface area contributed by atoms with E-state index >= 15 is 0 Å². The van der Waals surface area contributed by atoms with Crippen molar-refractivity contribution in [3.05, 3.63) is 35.4 Å².